The van der Waals surface area contributed by atoms with Crippen molar-refractivity contribution in [3.8, 4) is 5.75 Å². The van der Waals surface area contributed by atoms with Gasteiger partial charge in [-0.1, -0.05) is 17.7 Å². The highest BCUT2D eigenvalue weighted by molar-refractivity contribution is 6.31. The lowest BCUT2D eigenvalue weighted by molar-refractivity contribution is -0.0110. The van der Waals surface area contributed by atoms with Gasteiger partial charge in [0.2, 0.25) is 0 Å². The van der Waals surface area contributed by atoms with Crippen molar-refractivity contribution in [2.24, 2.45) is 0 Å². The van der Waals surface area contributed by atoms with Gasteiger partial charge in [0.05, 0.1) is 6.10 Å². The highest BCUT2D eigenvalue weighted by atomic mass is 35.5. The Morgan fingerprint density at radius 2 is 2.32 bits per heavy atom. The second-order valence-corrected chi connectivity index (χ2v) is 5.40. The summed E-state index contributed by atoms with van der Waals surface area (Å²) in [6.45, 7) is 3.54. The van der Waals surface area contributed by atoms with E-state index < -0.39 is 0 Å². The van der Waals surface area contributed by atoms with Crippen molar-refractivity contribution in [3.05, 3.63) is 28.8 Å². The van der Waals surface area contributed by atoms with Crippen LogP contribution in [0.4, 0.5) is 0 Å². The molecule has 0 bridgehead atoms. The Balaban J connectivity index is 1.92. The lowest BCUT2D eigenvalue weighted by Gasteiger charge is -2.23. The van der Waals surface area contributed by atoms with Crippen molar-refractivity contribution in [3.63, 3.8) is 0 Å². The van der Waals surface area contributed by atoms with Crippen LogP contribution in [-0.2, 0) is 4.74 Å². The van der Waals surface area contributed by atoms with Crippen LogP contribution in [0.25, 0.3) is 0 Å². The minimum absolute atomic E-state index is 0.225. The van der Waals surface area contributed by atoms with Crippen LogP contribution in [0.15, 0.2) is 18.2 Å². The Labute approximate surface area is 120 Å². The minimum atomic E-state index is 0.225. The number of nitrogens with one attached hydrogen (secondary N) is 1. The van der Waals surface area contributed by atoms with E-state index in [1.54, 1.807) is 0 Å². The number of benzene rings is 1. The van der Waals surface area contributed by atoms with Gasteiger partial charge in [0.15, 0.2) is 0 Å². The molecule has 3 nitrogen and oxygen atoms in total. The van der Waals surface area contributed by atoms with Gasteiger partial charge >= 0.3 is 0 Å². The lowest BCUT2D eigenvalue weighted by Crippen LogP contribution is -2.25. The van der Waals surface area contributed by atoms with Crippen LogP contribution in [0.3, 0.4) is 0 Å². The Kier molecular flexibility index (Phi) is 5.49. The fraction of sp³-hybridized carbons (Fsp3) is 0.600. The summed E-state index contributed by atoms with van der Waals surface area (Å²) in [4.78, 5) is 0. The molecule has 1 saturated heterocycles. The van der Waals surface area contributed by atoms with Crippen LogP contribution in [-0.4, -0.2) is 26.4 Å². The molecule has 0 spiro atoms. The third-order valence-corrected chi connectivity index (χ3v) is 3.91. The summed E-state index contributed by atoms with van der Waals surface area (Å²) in [6, 6.07) is 6.11. The average molecular weight is 284 g/mol. The maximum atomic E-state index is 6.27. The molecule has 2 rings (SSSR count). The Morgan fingerprint density at radius 1 is 1.47 bits per heavy atom. The number of hydrogen-bond acceptors (Lipinski definition) is 3. The molecule has 1 aliphatic rings. The molecule has 1 fully saturated rings. The number of hydrogen-bond donors (Lipinski definition) is 1. The van der Waals surface area contributed by atoms with E-state index >= 15 is 0 Å². The fourth-order valence-electron chi connectivity index (χ4n) is 2.23. The van der Waals surface area contributed by atoms with Gasteiger partial charge < -0.3 is 14.8 Å². The third-order valence-electron chi connectivity index (χ3n) is 3.58. The van der Waals surface area contributed by atoms with Gasteiger partial charge in [-0.3, -0.25) is 0 Å². The quantitative estimate of drug-likeness (QED) is 0.896. The van der Waals surface area contributed by atoms with Crippen molar-refractivity contribution in [1.82, 2.24) is 5.32 Å². The summed E-state index contributed by atoms with van der Waals surface area (Å²) >= 11 is 6.27. The van der Waals surface area contributed by atoms with Gasteiger partial charge in [-0.25, -0.2) is 0 Å². The number of rotatable bonds is 5. The lowest BCUT2D eigenvalue weighted by atomic mass is 10.1. The number of halogens is 1. The molecule has 19 heavy (non-hydrogen) atoms. The summed E-state index contributed by atoms with van der Waals surface area (Å²) < 4.78 is 11.4. The second kappa shape index (κ2) is 7.13. The third kappa shape index (κ3) is 4.10. The van der Waals surface area contributed by atoms with Gasteiger partial charge in [-0.05, 0) is 50.9 Å². The standard InChI is InChI=1S/C15H22ClNO2/c1-11(17-2)14-7-6-12(9-15(14)16)19-10-13-5-3-4-8-18-13/h6-7,9,11,13,17H,3-5,8,10H2,1-2H3. The van der Waals surface area contributed by atoms with E-state index in [1.807, 2.05) is 25.2 Å². The zero-order valence-corrected chi connectivity index (χ0v) is 12.4. The largest absolute Gasteiger partial charge is 0.491 e. The topological polar surface area (TPSA) is 30.5 Å². The smallest absolute Gasteiger partial charge is 0.120 e. The van der Waals surface area contributed by atoms with E-state index in [4.69, 9.17) is 21.1 Å². The maximum absolute atomic E-state index is 6.27. The predicted molar refractivity (Wildman–Crippen MR) is 78.0 cm³/mol. The van der Waals surface area contributed by atoms with Crippen LogP contribution in [0.1, 0.15) is 37.8 Å². The molecule has 1 N–H and O–H groups in total. The summed E-state index contributed by atoms with van der Waals surface area (Å²) in [5, 5.41) is 3.92. The van der Waals surface area contributed by atoms with Crippen molar-refractivity contribution in [2.75, 3.05) is 20.3 Å². The number of ether oxygens (including phenoxy) is 2. The van der Waals surface area contributed by atoms with E-state index in [0.29, 0.717) is 6.61 Å². The van der Waals surface area contributed by atoms with E-state index in [0.717, 1.165) is 29.4 Å². The Hall–Kier alpha value is -0.770. The van der Waals surface area contributed by atoms with Crippen LogP contribution in [0.2, 0.25) is 5.02 Å². The molecule has 4 heteroatoms. The minimum Gasteiger partial charge on any atom is -0.491 e. The van der Waals surface area contributed by atoms with Crippen LogP contribution in [0, 0.1) is 0 Å². The highest BCUT2D eigenvalue weighted by Crippen LogP contribution is 2.27. The second-order valence-electron chi connectivity index (χ2n) is 4.99. The van der Waals surface area contributed by atoms with Gasteiger partial charge in [-0.15, -0.1) is 0 Å². The highest BCUT2D eigenvalue weighted by Gasteiger charge is 2.15. The van der Waals surface area contributed by atoms with E-state index in [2.05, 4.69) is 12.2 Å². The zero-order valence-electron chi connectivity index (χ0n) is 11.6. The molecule has 0 aromatic heterocycles. The first-order valence-electron chi connectivity index (χ1n) is 6.92. The average Bonchev–Trinajstić information content (AvgIpc) is 2.45. The normalized spacial score (nSPS) is 21.1. The molecule has 0 aliphatic carbocycles. The summed E-state index contributed by atoms with van der Waals surface area (Å²) in [6.07, 6.45) is 3.71. The van der Waals surface area contributed by atoms with Crippen molar-refractivity contribution in [1.29, 1.82) is 0 Å². The first-order chi connectivity index (χ1) is 9.20. The van der Waals surface area contributed by atoms with Crippen LogP contribution < -0.4 is 10.1 Å². The van der Waals surface area contributed by atoms with Crippen LogP contribution in [0.5, 0.6) is 5.75 Å². The molecule has 2 atom stereocenters. The molecule has 1 aliphatic heterocycles. The molecule has 106 valence electrons. The van der Waals surface area contributed by atoms with Crippen molar-refractivity contribution in [2.45, 2.75) is 38.3 Å². The molecule has 0 saturated carbocycles. The molecular formula is C15H22ClNO2. The van der Waals surface area contributed by atoms with Gasteiger partial charge in [-0.2, -0.15) is 0 Å². The molecule has 1 heterocycles. The molecule has 1 aromatic carbocycles. The van der Waals surface area contributed by atoms with Gasteiger partial charge in [0.1, 0.15) is 12.4 Å². The Bertz CT molecular complexity index is 405. The molecular weight excluding hydrogens is 262 g/mol. The van der Waals surface area contributed by atoms with E-state index in [9.17, 15) is 0 Å². The van der Waals surface area contributed by atoms with E-state index in [1.165, 1.54) is 12.8 Å². The SMILES string of the molecule is CNC(C)c1ccc(OCC2CCCCO2)cc1Cl. The summed E-state index contributed by atoms with van der Waals surface area (Å²) in [5.41, 5.74) is 1.09. The first-order valence-corrected chi connectivity index (χ1v) is 7.29. The summed E-state index contributed by atoms with van der Waals surface area (Å²) in [7, 11) is 1.92. The van der Waals surface area contributed by atoms with Crippen molar-refractivity contribution < 1.29 is 9.47 Å². The van der Waals surface area contributed by atoms with Gasteiger partial charge in [0.25, 0.3) is 0 Å². The zero-order chi connectivity index (χ0) is 13.7. The molecule has 2 unspecified atom stereocenters. The molecule has 1 aromatic rings. The maximum Gasteiger partial charge on any atom is 0.120 e. The van der Waals surface area contributed by atoms with E-state index in [-0.39, 0.29) is 12.1 Å². The molecule has 0 radical (unpaired) electrons. The monoisotopic (exact) mass is 283 g/mol. The Morgan fingerprint density at radius 3 is 2.95 bits per heavy atom. The first kappa shape index (κ1) is 14.6. The fourth-order valence-corrected chi connectivity index (χ4v) is 2.57. The van der Waals surface area contributed by atoms with Crippen molar-refractivity contribution >= 4 is 11.6 Å². The van der Waals surface area contributed by atoms with Crippen LogP contribution >= 0.6 is 11.6 Å². The predicted octanol–water partition coefficient (Wildman–Crippen LogP) is 3.57. The summed E-state index contributed by atoms with van der Waals surface area (Å²) in [5.74, 6) is 0.811. The molecule has 0 amide bonds. The van der Waals surface area contributed by atoms with Gasteiger partial charge in [0, 0.05) is 17.7 Å².